The van der Waals surface area contributed by atoms with Gasteiger partial charge in [0, 0.05) is 18.7 Å². The Kier molecular flexibility index (Phi) is 4.46. The Morgan fingerprint density at radius 1 is 1.27 bits per heavy atom. The molecule has 0 saturated carbocycles. The largest absolute Gasteiger partial charge is 0.467 e. The standard InChI is InChI=1S/C19H19FN2O4/c20-13-4-1-3-12(9-13)19(24)22-11-15(17-16(22)6-8-26-17)18(23)21-10-14-5-2-7-25-14/h1-5,7,9,15-17H,6,8,10-11H2,(H,21,23)/t15-,16-,17+/m1/s1. The number of amides is 2. The number of halogens is 1. The van der Waals surface area contributed by atoms with Gasteiger partial charge in [-0.25, -0.2) is 4.39 Å². The molecule has 2 amide bonds. The van der Waals surface area contributed by atoms with E-state index in [-0.39, 0.29) is 42.6 Å². The predicted molar refractivity (Wildman–Crippen MR) is 89.6 cm³/mol. The molecule has 0 radical (unpaired) electrons. The molecule has 26 heavy (non-hydrogen) atoms. The van der Waals surface area contributed by atoms with Crippen LogP contribution in [0.4, 0.5) is 4.39 Å². The van der Waals surface area contributed by atoms with E-state index in [1.165, 1.54) is 18.2 Å². The fraction of sp³-hybridized carbons (Fsp3) is 0.368. The van der Waals surface area contributed by atoms with Crippen LogP contribution < -0.4 is 5.32 Å². The van der Waals surface area contributed by atoms with Crippen LogP contribution in [0.15, 0.2) is 47.1 Å². The molecule has 0 spiro atoms. The Hall–Kier alpha value is -2.67. The summed E-state index contributed by atoms with van der Waals surface area (Å²) in [6.45, 7) is 1.05. The van der Waals surface area contributed by atoms with E-state index in [0.29, 0.717) is 18.8 Å². The summed E-state index contributed by atoms with van der Waals surface area (Å²) in [6.07, 6.45) is 1.89. The Bertz CT molecular complexity index is 808. The van der Waals surface area contributed by atoms with Crippen LogP contribution in [0.3, 0.4) is 0 Å². The maximum absolute atomic E-state index is 13.5. The number of fused-ring (bicyclic) bond motifs is 1. The summed E-state index contributed by atoms with van der Waals surface area (Å²) in [5, 5.41) is 2.84. The van der Waals surface area contributed by atoms with E-state index in [2.05, 4.69) is 5.32 Å². The molecule has 0 aliphatic carbocycles. The number of benzene rings is 1. The van der Waals surface area contributed by atoms with Crippen molar-refractivity contribution in [2.75, 3.05) is 13.2 Å². The molecule has 136 valence electrons. The van der Waals surface area contributed by atoms with Crippen LogP contribution in [0.25, 0.3) is 0 Å². The first-order valence-corrected chi connectivity index (χ1v) is 8.62. The number of hydrogen-bond acceptors (Lipinski definition) is 4. The number of nitrogens with zero attached hydrogens (tertiary/aromatic N) is 1. The monoisotopic (exact) mass is 358 g/mol. The van der Waals surface area contributed by atoms with Crippen LogP contribution in [0.5, 0.6) is 0 Å². The summed E-state index contributed by atoms with van der Waals surface area (Å²) >= 11 is 0. The number of furan rings is 1. The third-order valence-electron chi connectivity index (χ3n) is 4.98. The van der Waals surface area contributed by atoms with E-state index >= 15 is 0 Å². The number of hydrogen-bond donors (Lipinski definition) is 1. The first-order chi connectivity index (χ1) is 12.6. The second-order valence-electron chi connectivity index (χ2n) is 6.56. The van der Waals surface area contributed by atoms with Crippen molar-refractivity contribution in [3.63, 3.8) is 0 Å². The summed E-state index contributed by atoms with van der Waals surface area (Å²) in [5.41, 5.74) is 0.285. The van der Waals surface area contributed by atoms with Crippen LogP contribution in [0.1, 0.15) is 22.5 Å². The van der Waals surface area contributed by atoms with Gasteiger partial charge in [-0.1, -0.05) is 6.07 Å². The van der Waals surface area contributed by atoms with E-state index < -0.39 is 11.7 Å². The molecule has 3 heterocycles. The van der Waals surface area contributed by atoms with E-state index in [1.807, 2.05) is 0 Å². The molecule has 2 aliphatic heterocycles. The van der Waals surface area contributed by atoms with E-state index in [0.717, 1.165) is 0 Å². The van der Waals surface area contributed by atoms with Crippen LogP contribution in [-0.4, -0.2) is 42.0 Å². The maximum atomic E-state index is 13.5. The van der Waals surface area contributed by atoms with Crippen LogP contribution in [-0.2, 0) is 16.1 Å². The topological polar surface area (TPSA) is 71.8 Å². The molecule has 4 rings (SSSR count). The SMILES string of the molecule is O=C(NCc1ccco1)[C@@H]1CN(C(=O)c2cccc(F)c2)[C@@H]2CCO[C@H]21. The minimum atomic E-state index is -0.456. The number of nitrogens with one attached hydrogen (secondary N) is 1. The summed E-state index contributed by atoms with van der Waals surface area (Å²) in [6, 6.07) is 8.99. The lowest BCUT2D eigenvalue weighted by Crippen LogP contribution is -2.37. The van der Waals surface area contributed by atoms with Gasteiger partial charge in [-0.3, -0.25) is 9.59 Å². The zero-order valence-corrected chi connectivity index (χ0v) is 14.1. The van der Waals surface area contributed by atoms with Gasteiger partial charge in [0.05, 0.1) is 30.9 Å². The van der Waals surface area contributed by atoms with Crippen molar-refractivity contribution < 1.29 is 23.1 Å². The smallest absolute Gasteiger partial charge is 0.254 e. The lowest BCUT2D eigenvalue weighted by Gasteiger charge is -2.22. The first-order valence-electron chi connectivity index (χ1n) is 8.62. The quantitative estimate of drug-likeness (QED) is 0.907. The number of carbonyl (C=O) groups is 2. The van der Waals surface area contributed by atoms with Gasteiger partial charge in [0.2, 0.25) is 5.91 Å². The first kappa shape index (κ1) is 16.8. The van der Waals surface area contributed by atoms with E-state index in [1.54, 1.807) is 29.4 Å². The molecular formula is C19H19FN2O4. The van der Waals surface area contributed by atoms with Crippen LogP contribution >= 0.6 is 0 Å². The summed E-state index contributed by atoms with van der Waals surface area (Å²) in [4.78, 5) is 27.1. The summed E-state index contributed by atoms with van der Waals surface area (Å²) < 4.78 is 24.4. The van der Waals surface area contributed by atoms with Crippen molar-refractivity contribution in [3.8, 4) is 0 Å². The lowest BCUT2D eigenvalue weighted by atomic mass is 10.0. The highest BCUT2D eigenvalue weighted by atomic mass is 19.1. The molecule has 0 bridgehead atoms. The number of rotatable bonds is 4. The fourth-order valence-corrected chi connectivity index (χ4v) is 3.74. The zero-order valence-electron chi connectivity index (χ0n) is 14.1. The molecule has 2 aromatic rings. The molecule has 0 unspecified atom stereocenters. The van der Waals surface area contributed by atoms with Crippen molar-refractivity contribution in [1.29, 1.82) is 0 Å². The van der Waals surface area contributed by atoms with Gasteiger partial charge in [-0.05, 0) is 36.8 Å². The second-order valence-corrected chi connectivity index (χ2v) is 6.56. The number of carbonyl (C=O) groups excluding carboxylic acids is 2. The van der Waals surface area contributed by atoms with Gasteiger partial charge in [0.15, 0.2) is 0 Å². The normalized spacial score (nSPS) is 24.5. The Morgan fingerprint density at radius 2 is 2.15 bits per heavy atom. The molecule has 2 saturated heterocycles. The highest BCUT2D eigenvalue weighted by Gasteiger charge is 2.50. The third kappa shape index (κ3) is 3.10. The molecule has 2 aliphatic rings. The van der Waals surface area contributed by atoms with Gasteiger partial charge in [-0.15, -0.1) is 0 Å². The predicted octanol–water partition coefficient (Wildman–Crippen LogP) is 1.96. The van der Waals surface area contributed by atoms with Gasteiger partial charge < -0.3 is 19.4 Å². The lowest BCUT2D eigenvalue weighted by molar-refractivity contribution is -0.127. The minimum Gasteiger partial charge on any atom is -0.467 e. The van der Waals surface area contributed by atoms with Crippen molar-refractivity contribution >= 4 is 11.8 Å². The highest BCUT2D eigenvalue weighted by Crippen LogP contribution is 2.34. The van der Waals surface area contributed by atoms with Gasteiger partial charge in [0.1, 0.15) is 11.6 Å². The second kappa shape index (κ2) is 6.92. The third-order valence-corrected chi connectivity index (χ3v) is 4.98. The zero-order chi connectivity index (χ0) is 18.1. The molecule has 6 nitrogen and oxygen atoms in total. The van der Waals surface area contributed by atoms with Gasteiger partial charge in [0.25, 0.3) is 5.91 Å². The fourth-order valence-electron chi connectivity index (χ4n) is 3.74. The molecule has 2 fully saturated rings. The van der Waals surface area contributed by atoms with E-state index in [4.69, 9.17) is 9.15 Å². The number of ether oxygens (including phenoxy) is 1. The van der Waals surface area contributed by atoms with Crippen molar-refractivity contribution in [1.82, 2.24) is 10.2 Å². The average Bonchev–Trinajstić information content (AvgIpc) is 3.36. The van der Waals surface area contributed by atoms with Crippen LogP contribution in [0.2, 0.25) is 0 Å². The Balaban J connectivity index is 1.48. The summed E-state index contributed by atoms with van der Waals surface area (Å²) in [7, 11) is 0. The Labute approximate surface area is 149 Å². The molecule has 1 aromatic heterocycles. The maximum Gasteiger partial charge on any atom is 0.254 e. The van der Waals surface area contributed by atoms with E-state index in [9.17, 15) is 14.0 Å². The molecule has 1 aromatic carbocycles. The molecule has 7 heteroatoms. The average molecular weight is 358 g/mol. The Morgan fingerprint density at radius 3 is 2.92 bits per heavy atom. The van der Waals surface area contributed by atoms with Crippen LogP contribution in [0, 0.1) is 11.7 Å². The minimum absolute atomic E-state index is 0.162. The molecular weight excluding hydrogens is 339 g/mol. The number of likely N-dealkylation sites (tertiary alicyclic amines) is 1. The van der Waals surface area contributed by atoms with Crippen molar-refractivity contribution in [3.05, 3.63) is 59.8 Å². The molecule has 3 atom stereocenters. The van der Waals surface area contributed by atoms with Gasteiger partial charge in [-0.2, -0.15) is 0 Å². The highest BCUT2D eigenvalue weighted by molar-refractivity contribution is 5.95. The molecule has 1 N–H and O–H groups in total. The van der Waals surface area contributed by atoms with Crippen molar-refractivity contribution in [2.24, 2.45) is 5.92 Å². The van der Waals surface area contributed by atoms with Gasteiger partial charge >= 0.3 is 0 Å². The van der Waals surface area contributed by atoms with Crippen molar-refractivity contribution in [2.45, 2.75) is 25.1 Å². The summed E-state index contributed by atoms with van der Waals surface area (Å²) in [5.74, 6) is -0.691.